The average Bonchev–Trinajstić information content (AvgIpc) is 2.78. The Labute approximate surface area is 116 Å². The van der Waals surface area contributed by atoms with Crippen molar-refractivity contribution in [3.63, 3.8) is 0 Å². The van der Waals surface area contributed by atoms with Crippen LogP contribution in [0, 0.1) is 5.92 Å². The normalized spacial score (nSPS) is 18.9. The molecule has 1 amide bonds. The van der Waals surface area contributed by atoms with Gasteiger partial charge in [0.15, 0.2) is 5.12 Å². The van der Waals surface area contributed by atoms with E-state index in [4.69, 9.17) is 5.11 Å². The van der Waals surface area contributed by atoms with Gasteiger partial charge in [-0.3, -0.25) is 9.59 Å². The van der Waals surface area contributed by atoms with E-state index in [1.165, 1.54) is 11.8 Å². The molecule has 1 atom stereocenters. The molecular weight excluding hydrogens is 262 g/mol. The molecule has 0 radical (unpaired) electrons. The summed E-state index contributed by atoms with van der Waals surface area (Å²) in [7, 11) is 0. The molecule has 1 heterocycles. The number of carbonyl (C=O) groups excluding carboxylic acids is 2. The first kappa shape index (κ1) is 14.1. The van der Waals surface area contributed by atoms with Crippen molar-refractivity contribution in [1.82, 2.24) is 0 Å². The minimum atomic E-state index is -0.0283. The Kier molecular flexibility index (Phi) is 4.61. The topological polar surface area (TPSA) is 57.6 Å². The highest BCUT2D eigenvalue weighted by Crippen LogP contribution is 2.27. The molecule has 1 unspecified atom stereocenters. The van der Waals surface area contributed by atoms with Crippen molar-refractivity contribution in [3.8, 4) is 0 Å². The van der Waals surface area contributed by atoms with Gasteiger partial charge < -0.3 is 10.0 Å². The molecule has 1 aliphatic rings. The quantitative estimate of drug-likeness (QED) is 0.913. The number of benzene rings is 1. The predicted molar refractivity (Wildman–Crippen MR) is 76.0 cm³/mol. The largest absolute Gasteiger partial charge is 0.392 e. The minimum Gasteiger partial charge on any atom is -0.392 e. The lowest BCUT2D eigenvalue weighted by molar-refractivity contribution is -0.117. The Balaban J connectivity index is 2.04. The third-order valence-corrected chi connectivity index (χ3v) is 4.18. The van der Waals surface area contributed by atoms with Crippen LogP contribution in [0.1, 0.15) is 18.9 Å². The van der Waals surface area contributed by atoms with E-state index in [1.54, 1.807) is 11.8 Å². The zero-order chi connectivity index (χ0) is 13.8. The fourth-order valence-corrected chi connectivity index (χ4v) is 2.89. The Morgan fingerprint density at radius 3 is 3.00 bits per heavy atom. The van der Waals surface area contributed by atoms with Gasteiger partial charge >= 0.3 is 0 Å². The fraction of sp³-hybridized carbons (Fsp3) is 0.429. The number of anilines is 1. The second-order valence-corrected chi connectivity index (χ2v) is 5.90. The van der Waals surface area contributed by atoms with Gasteiger partial charge in [0, 0.05) is 31.3 Å². The van der Waals surface area contributed by atoms with Gasteiger partial charge in [0.05, 0.1) is 6.61 Å². The lowest BCUT2D eigenvalue weighted by Crippen LogP contribution is -2.24. The van der Waals surface area contributed by atoms with Gasteiger partial charge in [-0.2, -0.15) is 0 Å². The Morgan fingerprint density at radius 1 is 1.53 bits per heavy atom. The maximum Gasteiger partial charge on any atom is 0.227 e. The summed E-state index contributed by atoms with van der Waals surface area (Å²) in [5, 5.41) is 9.21. The van der Waals surface area contributed by atoms with Crippen LogP contribution in [0.2, 0.25) is 0 Å². The van der Waals surface area contributed by atoms with E-state index in [2.05, 4.69) is 0 Å². The number of amides is 1. The number of aliphatic hydroxyl groups is 1. The molecule has 1 aliphatic heterocycles. The maximum absolute atomic E-state index is 12.0. The third-order valence-electron chi connectivity index (χ3n) is 3.13. The van der Waals surface area contributed by atoms with E-state index in [0.29, 0.717) is 18.7 Å². The van der Waals surface area contributed by atoms with E-state index in [-0.39, 0.29) is 23.5 Å². The Hall–Kier alpha value is -1.33. The lowest BCUT2D eigenvalue weighted by atomic mass is 10.1. The summed E-state index contributed by atoms with van der Waals surface area (Å²) in [5.74, 6) is 1.00. The summed E-state index contributed by atoms with van der Waals surface area (Å²) in [4.78, 5) is 24.7. The van der Waals surface area contributed by atoms with Crippen molar-refractivity contribution >= 4 is 28.5 Å². The van der Waals surface area contributed by atoms with Crippen LogP contribution >= 0.6 is 11.8 Å². The number of hydrogen-bond donors (Lipinski definition) is 1. The standard InChI is InChI=1S/C14H17NO3S/c1-10(17)19-9-12-6-14(18)15(7-12)13-4-2-3-11(5-13)8-16/h2-5,12,16H,6-9H2,1H3. The van der Waals surface area contributed by atoms with Crippen LogP contribution in [0.5, 0.6) is 0 Å². The first-order valence-corrected chi connectivity index (χ1v) is 7.22. The molecule has 102 valence electrons. The molecule has 2 rings (SSSR count). The number of aliphatic hydroxyl groups excluding tert-OH is 1. The summed E-state index contributed by atoms with van der Waals surface area (Å²) >= 11 is 1.28. The summed E-state index contributed by atoms with van der Waals surface area (Å²) in [6, 6.07) is 7.37. The molecular formula is C14H17NO3S. The first-order chi connectivity index (χ1) is 9.10. The van der Waals surface area contributed by atoms with Gasteiger partial charge in [-0.05, 0) is 23.6 Å². The van der Waals surface area contributed by atoms with Gasteiger partial charge in [-0.1, -0.05) is 23.9 Å². The SMILES string of the molecule is CC(=O)SCC1CC(=O)N(c2cccc(CO)c2)C1. The third kappa shape index (κ3) is 3.58. The molecule has 0 spiro atoms. The Bertz CT molecular complexity index is 489. The number of nitrogens with zero attached hydrogens (tertiary/aromatic N) is 1. The van der Waals surface area contributed by atoms with Gasteiger partial charge in [-0.25, -0.2) is 0 Å². The fourth-order valence-electron chi connectivity index (χ4n) is 2.20. The van der Waals surface area contributed by atoms with Gasteiger partial charge in [0.25, 0.3) is 0 Å². The zero-order valence-corrected chi connectivity index (χ0v) is 11.7. The molecule has 0 aromatic heterocycles. The van der Waals surface area contributed by atoms with Gasteiger partial charge in [0.2, 0.25) is 5.91 Å². The van der Waals surface area contributed by atoms with E-state index in [9.17, 15) is 9.59 Å². The highest BCUT2D eigenvalue weighted by Gasteiger charge is 2.30. The van der Waals surface area contributed by atoms with Crippen molar-refractivity contribution in [2.75, 3.05) is 17.2 Å². The van der Waals surface area contributed by atoms with Crippen molar-refractivity contribution < 1.29 is 14.7 Å². The zero-order valence-electron chi connectivity index (χ0n) is 10.8. The van der Waals surface area contributed by atoms with Crippen LogP contribution in [-0.2, 0) is 16.2 Å². The highest BCUT2D eigenvalue weighted by molar-refractivity contribution is 8.13. The van der Waals surface area contributed by atoms with E-state index in [0.717, 1.165) is 11.3 Å². The van der Waals surface area contributed by atoms with Crippen LogP contribution in [-0.4, -0.2) is 28.4 Å². The predicted octanol–water partition coefficient (Wildman–Crippen LogP) is 1.81. The monoisotopic (exact) mass is 279 g/mol. The second kappa shape index (κ2) is 6.21. The maximum atomic E-state index is 12.0. The lowest BCUT2D eigenvalue weighted by Gasteiger charge is -2.17. The number of hydrogen-bond acceptors (Lipinski definition) is 4. The molecule has 1 fully saturated rings. The van der Waals surface area contributed by atoms with Crippen molar-refractivity contribution in [2.45, 2.75) is 20.0 Å². The highest BCUT2D eigenvalue weighted by atomic mass is 32.2. The molecule has 19 heavy (non-hydrogen) atoms. The van der Waals surface area contributed by atoms with Crippen molar-refractivity contribution in [1.29, 1.82) is 0 Å². The first-order valence-electron chi connectivity index (χ1n) is 6.23. The Morgan fingerprint density at radius 2 is 2.32 bits per heavy atom. The number of carbonyl (C=O) groups is 2. The summed E-state index contributed by atoms with van der Waals surface area (Å²) in [6.07, 6.45) is 0.490. The molecule has 5 heteroatoms. The number of thioether (sulfide) groups is 1. The molecule has 4 nitrogen and oxygen atoms in total. The minimum absolute atomic E-state index is 0.0283. The van der Waals surface area contributed by atoms with E-state index in [1.807, 2.05) is 24.3 Å². The molecule has 0 saturated carbocycles. The second-order valence-electron chi connectivity index (χ2n) is 4.71. The van der Waals surface area contributed by atoms with Crippen LogP contribution in [0.25, 0.3) is 0 Å². The van der Waals surface area contributed by atoms with Gasteiger partial charge in [-0.15, -0.1) is 0 Å². The smallest absolute Gasteiger partial charge is 0.227 e. The molecule has 1 saturated heterocycles. The number of rotatable bonds is 4. The van der Waals surface area contributed by atoms with Crippen molar-refractivity contribution in [3.05, 3.63) is 29.8 Å². The van der Waals surface area contributed by atoms with Crippen molar-refractivity contribution in [2.24, 2.45) is 5.92 Å². The summed E-state index contributed by atoms with van der Waals surface area (Å²) in [6.45, 7) is 2.16. The van der Waals surface area contributed by atoms with Crippen LogP contribution in [0.15, 0.2) is 24.3 Å². The van der Waals surface area contributed by atoms with Crippen LogP contribution in [0.4, 0.5) is 5.69 Å². The summed E-state index contributed by atoms with van der Waals surface area (Å²) < 4.78 is 0. The molecule has 1 N–H and O–H groups in total. The van der Waals surface area contributed by atoms with Crippen LogP contribution in [0.3, 0.4) is 0 Å². The molecule has 1 aromatic carbocycles. The molecule has 1 aromatic rings. The molecule has 0 bridgehead atoms. The van der Waals surface area contributed by atoms with E-state index < -0.39 is 0 Å². The summed E-state index contributed by atoms with van der Waals surface area (Å²) in [5.41, 5.74) is 1.62. The van der Waals surface area contributed by atoms with E-state index >= 15 is 0 Å². The average molecular weight is 279 g/mol. The van der Waals surface area contributed by atoms with Gasteiger partial charge in [0.1, 0.15) is 0 Å². The molecule has 0 aliphatic carbocycles. The van der Waals surface area contributed by atoms with Crippen LogP contribution < -0.4 is 4.90 Å².